The third-order valence-electron chi connectivity index (χ3n) is 4.26. The van der Waals surface area contributed by atoms with Gasteiger partial charge >= 0.3 is 0 Å². The molecule has 0 spiro atoms. The molecule has 1 heterocycles. The summed E-state index contributed by atoms with van der Waals surface area (Å²) in [5, 5.41) is 10.3. The summed E-state index contributed by atoms with van der Waals surface area (Å²) >= 11 is 6.36. The fourth-order valence-corrected chi connectivity index (χ4v) is 3.36. The van der Waals surface area contributed by atoms with E-state index in [9.17, 15) is 5.11 Å². The van der Waals surface area contributed by atoms with Crippen molar-refractivity contribution in [3.63, 3.8) is 0 Å². The quantitative estimate of drug-likeness (QED) is 0.903. The molecular weight excluding hydrogens is 272 g/mol. The number of benzene rings is 1. The van der Waals surface area contributed by atoms with Crippen LogP contribution >= 0.6 is 11.6 Å². The van der Waals surface area contributed by atoms with Crippen molar-refractivity contribution in [1.82, 2.24) is 4.90 Å². The molecule has 1 saturated heterocycles. The van der Waals surface area contributed by atoms with Crippen LogP contribution in [0.25, 0.3) is 0 Å². The summed E-state index contributed by atoms with van der Waals surface area (Å²) in [6.07, 6.45) is 2.08. The molecule has 1 aliphatic heterocycles. The number of nitrogens with zero attached hydrogens (tertiary/aromatic N) is 2. The van der Waals surface area contributed by atoms with E-state index in [1.807, 2.05) is 18.2 Å². The number of halogens is 1. The number of aliphatic hydroxyl groups is 1. The minimum atomic E-state index is -0.475. The first-order valence-corrected chi connectivity index (χ1v) is 7.83. The summed E-state index contributed by atoms with van der Waals surface area (Å²) in [6, 6.07) is 6.45. The molecule has 0 saturated carbocycles. The fourth-order valence-electron chi connectivity index (χ4n) is 3.03. The Hall–Kier alpha value is -0.770. The molecule has 0 amide bonds. The van der Waals surface area contributed by atoms with Gasteiger partial charge in [-0.15, -0.1) is 0 Å². The Morgan fingerprint density at radius 3 is 2.85 bits per heavy atom. The highest BCUT2D eigenvalue weighted by Crippen LogP contribution is 2.29. The molecule has 3 nitrogen and oxygen atoms in total. The summed E-state index contributed by atoms with van der Waals surface area (Å²) in [4.78, 5) is 4.77. The minimum Gasteiger partial charge on any atom is -0.389 e. The highest BCUT2D eigenvalue weighted by atomic mass is 35.5. The van der Waals surface area contributed by atoms with Gasteiger partial charge < -0.3 is 10.0 Å². The van der Waals surface area contributed by atoms with E-state index in [4.69, 9.17) is 11.6 Å². The van der Waals surface area contributed by atoms with Crippen LogP contribution < -0.4 is 4.90 Å². The SMILES string of the molecule is CCN1CCCC1CN(C)c1ccc(C(C)O)cc1Cl. The Labute approximate surface area is 127 Å². The maximum Gasteiger partial charge on any atom is 0.0762 e. The van der Waals surface area contributed by atoms with Crippen molar-refractivity contribution < 1.29 is 5.11 Å². The number of likely N-dealkylation sites (tertiary alicyclic amines) is 1. The standard InChI is InChI=1S/C16H25ClN2O/c1-4-19-9-5-6-14(19)11-18(3)16-8-7-13(12(2)20)10-15(16)17/h7-8,10,12,14,20H,4-6,9,11H2,1-3H3. The highest BCUT2D eigenvalue weighted by Gasteiger charge is 2.24. The molecule has 1 aromatic rings. The van der Waals surface area contributed by atoms with Crippen LogP contribution in [0.1, 0.15) is 38.4 Å². The largest absolute Gasteiger partial charge is 0.389 e. The predicted molar refractivity (Wildman–Crippen MR) is 85.6 cm³/mol. The lowest BCUT2D eigenvalue weighted by molar-refractivity contribution is 0.199. The third kappa shape index (κ3) is 3.46. The topological polar surface area (TPSA) is 26.7 Å². The highest BCUT2D eigenvalue weighted by molar-refractivity contribution is 6.33. The van der Waals surface area contributed by atoms with Crippen LogP contribution in [0.3, 0.4) is 0 Å². The van der Waals surface area contributed by atoms with Crippen LogP contribution in [-0.2, 0) is 0 Å². The van der Waals surface area contributed by atoms with Gasteiger partial charge in [-0.2, -0.15) is 0 Å². The van der Waals surface area contributed by atoms with Crippen LogP contribution in [0.4, 0.5) is 5.69 Å². The molecule has 2 unspecified atom stereocenters. The van der Waals surface area contributed by atoms with Gasteiger partial charge in [0.25, 0.3) is 0 Å². The number of hydrogen-bond acceptors (Lipinski definition) is 3. The molecule has 1 fully saturated rings. The zero-order valence-corrected chi connectivity index (χ0v) is 13.4. The number of aliphatic hydroxyl groups excluding tert-OH is 1. The maximum absolute atomic E-state index is 9.60. The summed E-state index contributed by atoms with van der Waals surface area (Å²) in [5.41, 5.74) is 1.90. The molecule has 1 aromatic carbocycles. The van der Waals surface area contributed by atoms with Crippen LogP contribution in [0.5, 0.6) is 0 Å². The van der Waals surface area contributed by atoms with Crippen LogP contribution in [0.15, 0.2) is 18.2 Å². The van der Waals surface area contributed by atoms with Crippen molar-refractivity contribution in [3.05, 3.63) is 28.8 Å². The monoisotopic (exact) mass is 296 g/mol. The molecule has 2 rings (SSSR count). The van der Waals surface area contributed by atoms with Crippen molar-refractivity contribution in [2.75, 3.05) is 31.6 Å². The van der Waals surface area contributed by atoms with Crippen molar-refractivity contribution in [2.45, 2.75) is 38.8 Å². The molecule has 2 atom stereocenters. The molecule has 112 valence electrons. The van der Waals surface area contributed by atoms with Gasteiger partial charge in [-0.3, -0.25) is 4.90 Å². The smallest absolute Gasteiger partial charge is 0.0762 e. The molecule has 1 N–H and O–H groups in total. The summed E-state index contributed by atoms with van der Waals surface area (Å²) in [7, 11) is 2.09. The first kappa shape index (κ1) is 15.6. The molecule has 1 aliphatic rings. The van der Waals surface area contributed by atoms with Gasteiger partial charge in [0.1, 0.15) is 0 Å². The van der Waals surface area contributed by atoms with Gasteiger partial charge in [-0.05, 0) is 50.6 Å². The van der Waals surface area contributed by atoms with Crippen molar-refractivity contribution in [3.8, 4) is 0 Å². The van der Waals surface area contributed by atoms with Crippen LogP contribution in [-0.4, -0.2) is 42.7 Å². The minimum absolute atomic E-state index is 0.475. The van der Waals surface area contributed by atoms with Gasteiger partial charge in [0.2, 0.25) is 0 Å². The normalized spacial score (nSPS) is 21.1. The third-order valence-corrected chi connectivity index (χ3v) is 4.56. The molecule has 4 heteroatoms. The lowest BCUT2D eigenvalue weighted by atomic mass is 10.1. The Morgan fingerprint density at radius 2 is 2.25 bits per heavy atom. The summed E-state index contributed by atoms with van der Waals surface area (Å²) < 4.78 is 0. The Balaban J connectivity index is 2.07. The van der Waals surface area contributed by atoms with Gasteiger partial charge in [0, 0.05) is 19.6 Å². The number of likely N-dealkylation sites (N-methyl/N-ethyl adjacent to an activating group) is 2. The molecule has 0 radical (unpaired) electrons. The first-order chi connectivity index (χ1) is 9.52. The molecular formula is C16H25ClN2O. The van der Waals surface area contributed by atoms with Crippen LogP contribution in [0.2, 0.25) is 5.02 Å². The average Bonchev–Trinajstić information content (AvgIpc) is 2.85. The Morgan fingerprint density at radius 1 is 1.50 bits per heavy atom. The van der Waals surface area contributed by atoms with Crippen molar-refractivity contribution in [1.29, 1.82) is 0 Å². The summed E-state index contributed by atoms with van der Waals surface area (Å²) in [6.45, 7) is 7.31. The molecule has 0 aliphatic carbocycles. The van der Waals surface area contributed by atoms with E-state index >= 15 is 0 Å². The maximum atomic E-state index is 9.60. The van der Waals surface area contributed by atoms with E-state index in [1.165, 1.54) is 19.4 Å². The zero-order chi connectivity index (χ0) is 14.7. The van der Waals surface area contributed by atoms with E-state index in [1.54, 1.807) is 6.92 Å². The first-order valence-electron chi connectivity index (χ1n) is 7.45. The van der Waals surface area contributed by atoms with Gasteiger partial charge in [0.05, 0.1) is 16.8 Å². The molecule has 0 bridgehead atoms. The number of hydrogen-bond donors (Lipinski definition) is 1. The predicted octanol–water partition coefficient (Wildman–Crippen LogP) is 3.31. The molecule has 20 heavy (non-hydrogen) atoms. The van der Waals surface area contributed by atoms with Gasteiger partial charge in [-0.1, -0.05) is 24.6 Å². The van der Waals surface area contributed by atoms with E-state index in [2.05, 4.69) is 23.8 Å². The zero-order valence-electron chi connectivity index (χ0n) is 12.6. The fraction of sp³-hybridized carbons (Fsp3) is 0.625. The van der Waals surface area contributed by atoms with Crippen LogP contribution in [0, 0.1) is 0 Å². The van der Waals surface area contributed by atoms with Crippen molar-refractivity contribution in [2.24, 2.45) is 0 Å². The van der Waals surface area contributed by atoms with E-state index < -0.39 is 6.10 Å². The van der Waals surface area contributed by atoms with E-state index in [-0.39, 0.29) is 0 Å². The second-order valence-electron chi connectivity index (χ2n) is 5.69. The second kappa shape index (κ2) is 6.79. The Kier molecular flexibility index (Phi) is 5.30. The van der Waals surface area contributed by atoms with Crippen molar-refractivity contribution >= 4 is 17.3 Å². The summed E-state index contributed by atoms with van der Waals surface area (Å²) in [5.74, 6) is 0. The lowest BCUT2D eigenvalue weighted by Crippen LogP contribution is -2.38. The number of anilines is 1. The Bertz CT molecular complexity index is 450. The van der Waals surface area contributed by atoms with Gasteiger partial charge in [-0.25, -0.2) is 0 Å². The van der Waals surface area contributed by atoms with E-state index in [0.717, 1.165) is 24.3 Å². The second-order valence-corrected chi connectivity index (χ2v) is 6.10. The number of rotatable bonds is 5. The van der Waals surface area contributed by atoms with Gasteiger partial charge in [0.15, 0.2) is 0 Å². The lowest BCUT2D eigenvalue weighted by Gasteiger charge is -2.29. The average molecular weight is 297 g/mol. The van der Waals surface area contributed by atoms with E-state index in [0.29, 0.717) is 11.1 Å². The molecule has 0 aromatic heterocycles.